The summed E-state index contributed by atoms with van der Waals surface area (Å²) >= 11 is 0. The molecule has 3 aromatic rings. The third-order valence-corrected chi connectivity index (χ3v) is 5.49. The summed E-state index contributed by atoms with van der Waals surface area (Å²) < 4.78 is 6.00. The van der Waals surface area contributed by atoms with Crippen molar-refractivity contribution in [1.82, 2.24) is 14.9 Å². The van der Waals surface area contributed by atoms with Crippen molar-refractivity contribution >= 4 is 12.2 Å². The average molecular weight is 443 g/mol. The van der Waals surface area contributed by atoms with E-state index in [2.05, 4.69) is 25.4 Å². The summed E-state index contributed by atoms with van der Waals surface area (Å²) in [6, 6.07) is 18.7. The van der Waals surface area contributed by atoms with Crippen molar-refractivity contribution in [3.8, 4) is 23.1 Å². The van der Waals surface area contributed by atoms with Gasteiger partial charge in [0, 0.05) is 17.7 Å². The smallest absolute Gasteiger partial charge is 0.270 e. The summed E-state index contributed by atoms with van der Waals surface area (Å²) in [5.41, 5.74) is 3.99. The number of hydrazone groups is 1. The second-order valence-electron chi connectivity index (χ2n) is 7.77. The molecule has 0 saturated carbocycles. The molecule has 1 fully saturated rings. The molecule has 0 spiro atoms. The van der Waals surface area contributed by atoms with Gasteiger partial charge >= 0.3 is 0 Å². The van der Waals surface area contributed by atoms with Crippen molar-refractivity contribution < 1.29 is 4.74 Å². The number of para-hydroxylation sites is 1. The molecule has 0 atom stereocenters. The van der Waals surface area contributed by atoms with Gasteiger partial charge in [-0.25, -0.2) is 10.4 Å². The van der Waals surface area contributed by atoms with Gasteiger partial charge in [-0.3, -0.25) is 14.7 Å². The number of rotatable bonds is 8. The van der Waals surface area contributed by atoms with Crippen LogP contribution in [0.4, 0.5) is 5.95 Å². The fourth-order valence-electron chi connectivity index (χ4n) is 3.78. The molecule has 0 bridgehead atoms. The SMILES string of the molecule is N#Cc1c(-c2ccccc2)nc(NN=Cc2ccccc2OCCN2CCCCC2)[nH]c1=O. The fraction of sp³-hybridized carbons (Fsp3) is 0.280. The lowest BCUT2D eigenvalue weighted by molar-refractivity contribution is 0.183. The molecule has 2 N–H and O–H groups in total. The molecule has 2 heterocycles. The Bertz CT molecular complexity index is 1190. The van der Waals surface area contributed by atoms with Gasteiger partial charge in [-0.15, -0.1) is 0 Å². The number of nitrogens with one attached hydrogen (secondary N) is 2. The first kappa shape index (κ1) is 22.2. The number of H-pyrrole nitrogens is 1. The molecule has 1 saturated heterocycles. The lowest BCUT2D eigenvalue weighted by Gasteiger charge is -2.26. The highest BCUT2D eigenvalue weighted by atomic mass is 16.5. The van der Waals surface area contributed by atoms with Crippen molar-refractivity contribution in [3.05, 3.63) is 76.1 Å². The van der Waals surface area contributed by atoms with E-state index in [0.717, 1.165) is 30.9 Å². The first-order valence-electron chi connectivity index (χ1n) is 11.1. The molecule has 0 amide bonds. The van der Waals surface area contributed by atoms with Crippen LogP contribution in [0.2, 0.25) is 0 Å². The molecular weight excluding hydrogens is 416 g/mol. The Labute approximate surface area is 192 Å². The maximum absolute atomic E-state index is 12.4. The summed E-state index contributed by atoms with van der Waals surface area (Å²) in [5.74, 6) is 0.893. The van der Waals surface area contributed by atoms with E-state index < -0.39 is 5.56 Å². The van der Waals surface area contributed by atoms with Crippen LogP contribution >= 0.6 is 0 Å². The normalized spacial score (nSPS) is 14.2. The lowest BCUT2D eigenvalue weighted by atomic mass is 10.1. The highest BCUT2D eigenvalue weighted by molar-refractivity contribution is 5.83. The Morgan fingerprint density at radius 2 is 1.88 bits per heavy atom. The van der Waals surface area contributed by atoms with Gasteiger partial charge in [0.05, 0.1) is 11.9 Å². The average Bonchev–Trinajstić information content (AvgIpc) is 2.86. The van der Waals surface area contributed by atoms with Crippen LogP contribution in [0.3, 0.4) is 0 Å². The zero-order valence-electron chi connectivity index (χ0n) is 18.3. The number of aromatic nitrogens is 2. The molecular formula is C25H26N6O2. The molecule has 1 aliphatic heterocycles. The van der Waals surface area contributed by atoms with Crippen LogP contribution in [-0.2, 0) is 0 Å². The van der Waals surface area contributed by atoms with Crippen LogP contribution in [0, 0.1) is 11.3 Å². The number of piperidine rings is 1. The van der Waals surface area contributed by atoms with Crippen LogP contribution in [0.5, 0.6) is 5.75 Å². The van der Waals surface area contributed by atoms with Gasteiger partial charge in [-0.05, 0) is 38.1 Å². The number of nitrogens with zero attached hydrogens (tertiary/aromatic N) is 4. The number of benzene rings is 2. The summed E-state index contributed by atoms with van der Waals surface area (Å²) in [4.78, 5) is 21.7. The number of ether oxygens (including phenoxy) is 1. The minimum Gasteiger partial charge on any atom is -0.492 e. The predicted molar refractivity (Wildman–Crippen MR) is 128 cm³/mol. The minimum atomic E-state index is -0.523. The zero-order valence-corrected chi connectivity index (χ0v) is 18.3. The van der Waals surface area contributed by atoms with Crippen LogP contribution in [0.1, 0.15) is 30.4 Å². The number of anilines is 1. The van der Waals surface area contributed by atoms with Gasteiger partial charge in [0.15, 0.2) is 0 Å². The van der Waals surface area contributed by atoms with E-state index >= 15 is 0 Å². The first-order chi connectivity index (χ1) is 16.2. The standard InChI is InChI=1S/C25H26N6O2/c26-17-21-23(19-9-3-1-4-10-19)28-25(29-24(21)32)30-27-18-20-11-5-6-12-22(20)33-16-15-31-13-7-2-8-14-31/h1,3-6,9-12,18H,2,7-8,13-16H2,(H2,28,29,30,32). The van der Waals surface area contributed by atoms with E-state index in [1.165, 1.54) is 19.3 Å². The Morgan fingerprint density at radius 3 is 2.67 bits per heavy atom. The zero-order chi connectivity index (χ0) is 22.9. The van der Waals surface area contributed by atoms with Crippen molar-refractivity contribution in [2.75, 3.05) is 31.7 Å². The molecule has 1 aromatic heterocycles. The number of hydrogen-bond donors (Lipinski definition) is 2. The monoisotopic (exact) mass is 442 g/mol. The molecule has 4 rings (SSSR count). The highest BCUT2D eigenvalue weighted by Crippen LogP contribution is 2.20. The Morgan fingerprint density at radius 1 is 1.12 bits per heavy atom. The van der Waals surface area contributed by atoms with Gasteiger partial charge in [0.1, 0.15) is 24.0 Å². The Balaban J connectivity index is 1.45. The molecule has 0 unspecified atom stereocenters. The topological polar surface area (TPSA) is 106 Å². The van der Waals surface area contributed by atoms with Crippen LogP contribution in [0.25, 0.3) is 11.3 Å². The molecule has 2 aromatic carbocycles. The molecule has 8 nitrogen and oxygen atoms in total. The third kappa shape index (κ3) is 5.84. The minimum absolute atomic E-state index is 0.0387. The van der Waals surface area contributed by atoms with E-state index in [1.54, 1.807) is 18.3 Å². The molecule has 1 aliphatic rings. The maximum Gasteiger partial charge on any atom is 0.270 e. The highest BCUT2D eigenvalue weighted by Gasteiger charge is 2.13. The van der Waals surface area contributed by atoms with E-state index in [4.69, 9.17) is 4.74 Å². The van der Waals surface area contributed by atoms with Crippen molar-refractivity contribution in [3.63, 3.8) is 0 Å². The van der Waals surface area contributed by atoms with Crippen molar-refractivity contribution in [1.29, 1.82) is 5.26 Å². The largest absolute Gasteiger partial charge is 0.492 e. The summed E-state index contributed by atoms with van der Waals surface area (Å²) in [6.07, 6.45) is 5.45. The van der Waals surface area contributed by atoms with Crippen LogP contribution < -0.4 is 15.7 Å². The van der Waals surface area contributed by atoms with Crippen molar-refractivity contribution in [2.24, 2.45) is 5.10 Å². The van der Waals surface area contributed by atoms with E-state index in [0.29, 0.717) is 17.9 Å². The van der Waals surface area contributed by atoms with Crippen molar-refractivity contribution in [2.45, 2.75) is 19.3 Å². The fourth-order valence-corrected chi connectivity index (χ4v) is 3.78. The van der Waals surface area contributed by atoms with Gasteiger partial charge < -0.3 is 4.74 Å². The second kappa shape index (κ2) is 11.1. The Kier molecular flexibility index (Phi) is 7.46. The molecule has 168 valence electrons. The van der Waals surface area contributed by atoms with E-state index in [1.807, 2.05) is 48.5 Å². The summed E-state index contributed by atoms with van der Waals surface area (Å²) in [7, 11) is 0. The van der Waals surface area contributed by atoms with Gasteiger partial charge in [-0.1, -0.05) is 48.9 Å². The lowest BCUT2D eigenvalue weighted by Crippen LogP contribution is -2.33. The summed E-state index contributed by atoms with van der Waals surface area (Å²) in [6.45, 7) is 3.79. The maximum atomic E-state index is 12.4. The number of hydrogen-bond acceptors (Lipinski definition) is 7. The molecule has 0 aliphatic carbocycles. The molecule has 33 heavy (non-hydrogen) atoms. The van der Waals surface area contributed by atoms with Gasteiger partial charge in [-0.2, -0.15) is 10.4 Å². The second-order valence-corrected chi connectivity index (χ2v) is 7.77. The van der Waals surface area contributed by atoms with E-state index in [-0.39, 0.29) is 11.5 Å². The van der Waals surface area contributed by atoms with Gasteiger partial charge in [0.25, 0.3) is 5.56 Å². The quantitative estimate of drug-likeness (QED) is 0.408. The summed E-state index contributed by atoms with van der Waals surface area (Å²) in [5, 5.41) is 13.6. The number of nitriles is 1. The number of aromatic amines is 1. The number of likely N-dealkylation sites (tertiary alicyclic amines) is 1. The third-order valence-electron chi connectivity index (χ3n) is 5.49. The Hall–Kier alpha value is -3.96. The molecule has 0 radical (unpaired) electrons. The van der Waals surface area contributed by atoms with Gasteiger partial charge in [0.2, 0.25) is 5.95 Å². The molecule has 8 heteroatoms. The predicted octanol–water partition coefficient (Wildman–Crippen LogP) is 3.62. The van der Waals surface area contributed by atoms with Crippen LogP contribution in [0.15, 0.2) is 64.5 Å². The van der Waals surface area contributed by atoms with E-state index in [9.17, 15) is 10.1 Å². The first-order valence-corrected chi connectivity index (χ1v) is 11.1. The van der Waals surface area contributed by atoms with Crippen LogP contribution in [-0.4, -0.2) is 47.3 Å².